The Kier molecular flexibility index (Phi) is 5.23. The van der Waals surface area contributed by atoms with Crippen molar-refractivity contribution in [2.45, 2.75) is 19.3 Å². The molecule has 0 amide bonds. The summed E-state index contributed by atoms with van der Waals surface area (Å²) in [4.78, 5) is 0. The van der Waals surface area contributed by atoms with Crippen LogP contribution in [0.4, 0.5) is 0 Å². The SMILES string of the molecule is COc1ccc(OC)c(CC(CN)c2ccccc2C)c1. The molecule has 112 valence electrons. The molecule has 2 N–H and O–H groups in total. The first-order chi connectivity index (χ1) is 10.2. The summed E-state index contributed by atoms with van der Waals surface area (Å²) in [5.74, 6) is 1.99. The van der Waals surface area contributed by atoms with Gasteiger partial charge in [-0.25, -0.2) is 0 Å². The summed E-state index contributed by atoms with van der Waals surface area (Å²) in [6, 6.07) is 14.3. The molecule has 2 rings (SSSR count). The minimum Gasteiger partial charge on any atom is -0.497 e. The van der Waals surface area contributed by atoms with Gasteiger partial charge in [-0.1, -0.05) is 24.3 Å². The fourth-order valence-electron chi connectivity index (χ4n) is 2.67. The van der Waals surface area contributed by atoms with Gasteiger partial charge < -0.3 is 15.2 Å². The normalized spacial score (nSPS) is 12.0. The summed E-state index contributed by atoms with van der Waals surface area (Å²) >= 11 is 0. The first-order valence-corrected chi connectivity index (χ1v) is 7.16. The third-order valence-corrected chi connectivity index (χ3v) is 3.87. The molecule has 1 atom stereocenters. The monoisotopic (exact) mass is 285 g/mol. The van der Waals surface area contributed by atoms with Crippen LogP contribution in [0.3, 0.4) is 0 Å². The van der Waals surface area contributed by atoms with Crippen molar-refractivity contribution >= 4 is 0 Å². The Bertz CT molecular complexity index is 596. The van der Waals surface area contributed by atoms with Crippen LogP contribution in [-0.2, 0) is 6.42 Å². The lowest BCUT2D eigenvalue weighted by molar-refractivity contribution is 0.397. The molecule has 0 aliphatic carbocycles. The van der Waals surface area contributed by atoms with E-state index in [1.165, 1.54) is 11.1 Å². The minimum absolute atomic E-state index is 0.271. The van der Waals surface area contributed by atoms with E-state index in [1.807, 2.05) is 18.2 Å². The molecule has 0 heterocycles. The summed E-state index contributed by atoms with van der Waals surface area (Å²) in [6.07, 6.45) is 0.835. The van der Waals surface area contributed by atoms with E-state index >= 15 is 0 Å². The van der Waals surface area contributed by atoms with Crippen LogP contribution in [0, 0.1) is 6.92 Å². The molecule has 0 saturated heterocycles. The Morgan fingerprint density at radius 3 is 2.43 bits per heavy atom. The molecule has 0 bridgehead atoms. The second-order valence-corrected chi connectivity index (χ2v) is 5.17. The molecule has 3 heteroatoms. The highest BCUT2D eigenvalue weighted by Crippen LogP contribution is 2.30. The Labute approximate surface area is 126 Å². The molecular weight excluding hydrogens is 262 g/mol. The Balaban J connectivity index is 2.32. The van der Waals surface area contributed by atoms with Crippen molar-refractivity contribution < 1.29 is 9.47 Å². The van der Waals surface area contributed by atoms with Gasteiger partial charge in [-0.15, -0.1) is 0 Å². The molecular formula is C18H23NO2. The van der Waals surface area contributed by atoms with Crippen molar-refractivity contribution in [3.8, 4) is 11.5 Å². The van der Waals surface area contributed by atoms with Crippen LogP contribution >= 0.6 is 0 Å². The van der Waals surface area contributed by atoms with Crippen molar-refractivity contribution in [1.29, 1.82) is 0 Å². The maximum atomic E-state index is 6.01. The molecule has 3 nitrogen and oxygen atoms in total. The molecule has 1 unspecified atom stereocenters. The summed E-state index contributed by atoms with van der Waals surface area (Å²) in [7, 11) is 3.36. The van der Waals surface area contributed by atoms with Crippen molar-refractivity contribution in [2.75, 3.05) is 20.8 Å². The van der Waals surface area contributed by atoms with Crippen molar-refractivity contribution in [3.63, 3.8) is 0 Å². The quantitative estimate of drug-likeness (QED) is 0.885. The van der Waals surface area contributed by atoms with Gasteiger partial charge in [0.1, 0.15) is 11.5 Å². The summed E-state index contributed by atoms with van der Waals surface area (Å²) in [5.41, 5.74) is 9.70. The van der Waals surface area contributed by atoms with E-state index in [0.717, 1.165) is 23.5 Å². The maximum absolute atomic E-state index is 6.01. The van der Waals surface area contributed by atoms with E-state index < -0.39 is 0 Å². The van der Waals surface area contributed by atoms with Crippen LogP contribution in [0.25, 0.3) is 0 Å². The number of rotatable bonds is 6. The third-order valence-electron chi connectivity index (χ3n) is 3.87. The zero-order valence-corrected chi connectivity index (χ0v) is 12.9. The average molecular weight is 285 g/mol. The van der Waals surface area contributed by atoms with Gasteiger partial charge in [-0.3, -0.25) is 0 Å². The smallest absolute Gasteiger partial charge is 0.122 e. The van der Waals surface area contributed by atoms with Gasteiger partial charge in [0.05, 0.1) is 14.2 Å². The molecule has 2 aromatic rings. The molecule has 0 aliphatic rings. The Hall–Kier alpha value is -2.00. The van der Waals surface area contributed by atoms with Crippen molar-refractivity contribution in [3.05, 3.63) is 59.2 Å². The largest absolute Gasteiger partial charge is 0.497 e. The molecule has 0 radical (unpaired) electrons. The summed E-state index contributed by atoms with van der Waals surface area (Å²) in [6.45, 7) is 2.73. The molecule has 0 aliphatic heterocycles. The van der Waals surface area contributed by atoms with Gasteiger partial charge in [0.15, 0.2) is 0 Å². The number of aryl methyl sites for hydroxylation is 1. The van der Waals surface area contributed by atoms with Gasteiger partial charge in [0.25, 0.3) is 0 Å². The van der Waals surface area contributed by atoms with E-state index in [4.69, 9.17) is 15.2 Å². The zero-order chi connectivity index (χ0) is 15.2. The molecule has 0 saturated carbocycles. The van der Waals surface area contributed by atoms with Gasteiger partial charge in [0, 0.05) is 5.92 Å². The number of hydrogen-bond donors (Lipinski definition) is 1. The van der Waals surface area contributed by atoms with E-state index in [9.17, 15) is 0 Å². The Morgan fingerprint density at radius 2 is 1.81 bits per heavy atom. The van der Waals surface area contributed by atoms with Gasteiger partial charge in [-0.05, 0) is 54.8 Å². The lowest BCUT2D eigenvalue weighted by atomic mass is 9.89. The number of nitrogens with two attached hydrogens (primary N) is 1. The van der Waals surface area contributed by atoms with Crippen LogP contribution in [0.1, 0.15) is 22.6 Å². The lowest BCUT2D eigenvalue weighted by Crippen LogP contribution is -2.16. The number of hydrogen-bond acceptors (Lipinski definition) is 3. The highest BCUT2D eigenvalue weighted by atomic mass is 16.5. The molecule has 2 aromatic carbocycles. The fourth-order valence-corrected chi connectivity index (χ4v) is 2.67. The van der Waals surface area contributed by atoms with Crippen LogP contribution in [0.2, 0.25) is 0 Å². The molecule has 0 spiro atoms. The summed E-state index contributed by atoms with van der Waals surface area (Å²) in [5, 5.41) is 0. The van der Waals surface area contributed by atoms with E-state index in [-0.39, 0.29) is 5.92 Å². The van der Waals surface area contributed by atoms with Crippen LogP contribution in [0.5, 0.6) is 11.5 Å². The predicted molar refractivity (Wildman–Crippen MR) is 86.2 cm³/mol. The predicted octanol–water partition coefficient (Wildman–Crippen LogP) is 3.30. The zero-order valence-electron chi connectivity index (χ0n) is 12.9. The Morgan fingerprint density at radius 1 is 1.05 bits per heavy atom. The number of benzene rings is 2. The fraction of sp³-hybridized carbons (Fsp3) is 0.333. The topological polar surface area (TPSA) is 44.5 Å². The van der Waals surface area contributed by atoms with Crippen molar-refractivity contribution in [1.82, 2.24) is 0 Å². The van der Waals surface area contributed by atoms with E-state index in [0.29, 0.717) is 6.54 Å². The number of methoxy groups -OCH3 is 2. The van der Waals surface area contributed by atoms with Gasteiger partial charge >= 0.3 is 0 Å². The molecule has 0 aromatic heterocycles. The number of ether oxygens (including phenoxy) is 2. The van der Waals surface area contributed by atoms with E-state index in [2.05, 4.69) is 31.2 Å². The third kappa shape index (κ3) is 3.56. The highest BCUT2D eigenvalue weighted by molar-refractivity contribution is 5.42. The maximum Gasteiger partial charge on any atom is 0.122 e. The van der Waals surface area contributed by atoms with Crippen molar-refractivity contribution in [2.24, 2.45) is 5.73 Å². The average Bonchev–Trinajstić information content (AvgIpc) is 2.53. The van der Waals surface area contributed by atoms with E-state index in [1.54, 1.807) is 14.2 Å². The standard InChI is InChI=1S/C18H23NO2/c1-13-6-4-5-7-17(13)15(12-19)10-14-11-16(20-2)8-9-18(14)21-3/h4-9,11,15H,10,12,19H2,1-3H3. The van der Waals surface area contributed by atoms with Gasteiger partial charge in [-0.2, -0.15) is 0 Å². The van der Waals surface area contributed by atoms with Crippen LogP contribution in [-0.4, -0.2) is 20.8 Å². The van der Waals surface area contributed by atoms with Crippen LogP contribution in [0.15, 0.2) is 42.5 Å². The second kappa shape index (κ2) is 7.14. The summed E-state index contributed by atoms with van der Waals surface area (Å²) < 4.78 is 10.8. The van der Waals surface area contributed by atoms with Gasteiger partial charge in [0.2, 0.25) is 0 Å². The lowest BCUT2D eigenvalue weighted by Gasteiger charge is -2.19. The minimum atomic E-state index is 0.271. The molecule has 0 fully saturated rings. The highest BCUT2D eigenvalue weighted by Gasteiger charge is 2.16. The first kappa shape index (κ1) is 15.4. The van der Waals surface area contributed by atoms with Crippen LogP contribution < -0.4 is 15.2 Å². The first-order valence-electron chi connectivity index (χ1n) is 7.16. The second-order valence-electron chi connectivity index (χ2n) is 5.17. The molecule has 21 heavy (non-hydrogen) atoms.